The van der Waals surface area contributed by atoms with Crippen LogP contribution >= 0.6 is 0 Å². The average Bonchev–Trinajstić information content (AvgIpc) is 2.13. The lowest BCUT2D eigenvalue weighted by Crippen LogP contribution is -2.31. The molecule has 0 aromatic carbocycles. The van der Waals surface area contributed by atoms with Crippen LogP contribution in [0, 0.1) is 5.92 Å². The first-order valence-corrected chi connectivity index (χ1v) is 7.79. The SMILES string of the molecule is CCNCCC(C)CCS(=O)(=O)C(C)(C)C. The second-order valence-electron chi connectivity index (χ2n) is 5.47. The normalized spacial score (nSPS) is 15.1. The van der Waals surface area contributed by atoms with Gasteiger partial charge in [0.1, 0.15) is 0 Å². The molecule has 1 N–H and O–H groups in total. The van der Waals surface area contributed by atoms with Crippen molar-refractivity contribution in [2.75, 3.05) is 18.8 Å². The molecule has 16 heavy (non-hydrogen) atoms. The van der Waals surface area contributed by atoms with E-state index >= 15 is 0 Å². The maximum atomic E-state index is 11.9. The van der Waals surface area contributed by atoms with Gasteiger partial charge in [-0.2, -0.15) is 0 Å². The molecule has 3 nitrogen and oxygen atoms in total. The van der Waals surface area contributed by atoms with Gasteiger partial charge < -0.3 is 5.32 Å². The molecule has 0 aromatic rings. The monoisotopic (exact) mass is 249 g/mol. The molecule has 1 unspecified atom stereocenters. The number of hydrogen-bond acceptors (Lipinski definition) is 3. The van der Waals surface area contributed by atoms with Crippen molar-refractivity contribution in [3.63, 3.8) is 0 Å². The van der Waals surface area contributed by atoms with Gasteiger partial charge in [-0.3, -0.25) is 0 Å². The average molecular weight is 249 g/mol. The van der Waals surface area contributed by atoms with Crippen LogP contribution in [0.1, 0.15) is 47.5 Å². The van der Waals surface area contributed by atoms with Gasteiger partial charge >= 0.3 is 0 Å². The third-order valence-corrected chi connectivity index (χ3v) is 5.52. The fourth-order valence-electron chi connectivity index (χ4n) is 1.33. The second kappa shape index (κ2) is 6.60. The standard InChI is InChI=1S/C12H27NO2S/c1-6-13-9-7-11(2)8-10-16(14,15)12(3,4)5/h11,13H,6-10H2,1-5H3. The van der Waals surface area contributed by atoms with Crippen molar-refractivity contribution in [1.82, 2.24) is 5.32 Å². The smallest absolute Gasteiger partial charge is 0.155 e. The zero-order chi connectivity index (χ0) is 12.8. The number of sulfone groups is 1. The molecule has 98 valence electrons. The zero-order valence-corrected chi connectivity index (χ0v) is 12.2. The van der Waals surface area contributed by atoms with Crippen LogP contribution in [0.5, 0.6) is 0 Å². The Morgan fingerprint density at radius 3 is 2.19 bits per heavy atom. The first kappa shape index (κ1) is 15.9. The summed E-state index contributed by atoms with van der Waals surface area (Å²) < 4.78 is 23.1. The first-order valence-electron chi connectivity index (χ1n) is 6.13. The van der Waals surface area contributed by atoms with E-state index < -0.39 is 14.6 Å². The van der Waals surface area contributed by atoms with Crippen LogP contribution in [0.4, 0.5) is 0 Å². The third kappa shape index (κ3) is 5.85. The van der Waals surface area contributed by atoms with Crippen LogP contribution in [0.25, 0.3) is 0 Å². The molecular weight excluding hydrogens is 222 g/mol. The Balaban J connectivity index is 3.97. The van der Waals surface area contributed by atoms with Crippen molar-refractivity contribution < 1.29 is 8.42 Å². The summed E-state index contributed by atoms with van der Waals surface area (Å²) in [5, 5.41) is 3.26. The van der Waals surface area contributed by atoms with Crippen molar-refractivity contribution in [2.45, 2.75) is 52.2 Å². The van der Waals surface area contributed by atoms with Gasteiger partial charge in [-0.25, -0.2) is 8.42 Å². The van der Waals surface area contributed by atoms with E-state index in [4.69, 9.17) is 0 Å². The molecule has 0 radical (unpaired) electrons. The van der Waals surface area contributed by atoms with Gasteiger partial charge in [-0.05, 0) is 52.6 Å². The second-order valence-corrected chi connectivity index (χ2v) is 8.33. The minimum Gasteiger partial charge on any atom is -0.317 e. The fourth-order valence-corrected chi connectivity index (χ4v) is 2.66. The summed E-state index contributed by atoms with van der Waals surface area (Å²) in [6, 6.07) is 0. The van der Waals surface area contributed by atoms with Crippen molar-refractivity contribution >= 4 is 9.84 Å². The summed E-state index contributed by atoms with van der Waals surface area (Å²) in [6.07, 6.45) is 1.82. The largest absolute Gasteiger partial charge is 0.317 e. The number of nitrogens with one attached hydrogen (secondary N) is 1. The van der Waals surface area contributed by atoms with Gasteiger partial charge in [0.15, 0.2) is 9.84 Å². The highest BCUT2D eigenvalue weighted by atomic mass is 32.2. The van der Waals surface area contributed by atoms with E-state index in [1.165, 1.54) is 0 Å². The Labute approximate surface area is 101 Å². The molecule has 1 atom stereocenters. The predicted octanol–water partition coefficient (Wildman–Crippen LogP) is 2.23. The number of rotatable bonds is 7. The van der Waals surface area contributed by atoms with Crippen LogP contribution < -0.4 is 5.32 Å². The summed E-state index contributed by atoms with van der Waals surface area (Å²) >= 11 is 0. The Morgan fingerprint density at radius 1 is 1.19 bits per heavy atom. The van der Waals surface area contributed by atoms with Crippen molar-refractivity contribution in [2.24, 2.45) is 5.92 Å². The van der Waals surface area contributed by atoms with Gasteiger partial charge in [-0.1, -0.05) is 13.8 Å². The minimum absolute atomic E-state index is 0.309. The summed E-state index contributed by atoms with van der Waals surface area (Å²) in [4.78, 5) is 0. The van der Waals surface area contributed by atoms with Gasteiger partial charge in [0.2, 0.25) is 0 Å². The molecule has 0 aliphatic carbocycles. The van der Waals surface area contributed by atoms with E-state index in [-0.39, 0.29) is 0 Å². The van der Waals surface area contributed by atoms with Gasteiger partial charge in [0.25, 0.3) is 0 Å². The molecule has 0 saturated carbocycles. The number of hydrogen-bond donors (Lipinski definition) is 1. The van der Waals surface area contributed by atoms with Gasteiger partial charge in [-0.15, -0.1) is 0 Å². The molecule has 0 amide bonds. The Hall–Kier alpha value is -0.0900. The lowest BCUT2D eigenvalue weighted by Gasteiger charge is -2.20. The van der Waals surface area contributed by atoms with E-state index in [2.05, 4.69) is 19.2 Å². The lowest BCUT2D eigenvalue weighted by atomic mass is 10.1. The molecule has 0 rings (SSSR count). The molecule has 4 heteroatoms. The zero-order valence-electron chi connectivity index (χ0n) is 11.3. The fraction of sp³-hybridized carbons (Fsp3) is 1.00. The molecule has 0 fully saturated rings. The van der Waals surface area contributed by atoms with Crippen LogP contribution in [0.15, 0.2) is 0 Å². The van der Waals surface area contributed by atoms with Crippen LogP contribution in [0.2, 0.25) is 0 Å². The highest BCUT2D eigenvalue weighted by molar-refractivity contribution is 7.92. The summed E-state index contributed by atoms with van der Waals surface area (Å²) in [7, 11) is -2.94. The Kier molecular flexibility index (Phi) is 6.56. The first-order chi connectivity index (χ1) is 7.20. The summed E-state index contributed by atoms with van der Waals surface area (Å²) in [5.74, 6) is 0.778. The highest BCUT2D eigenvalue weighted by Crippen LogP contribution is 2.19. The predicted molar refractivity (Wildman–Crippen MR) is 70.5 cm³/mol. The quantitative estimate of drug-likeness (QED) is 0.704. The molecule has 0 aromatic heterocycles. The topological polar surface area (TPSA) is 46.2 Å². The Bertz CT molecular complexity index is 278. The minimum atomic E-state index is -2.94. The molecule has 0 saturated heterocycles. The molecule has 0 bridgehead atoms. The van der Waals surface area contributed by atoms with E-state index in [0.29, 0.717) is 11.7 Å². The molecule has 0 aliphatic heterocycles. The van der Waals surface area contributed by atoms with Gasteiger partial charge in [0.05, 0.1) is 10.5 Å². The molecule has 0 spiro atoms. The van der Waals surface area contributed by atoms with E-state index in [1.807, 2.05) is 0 Å². The van der Waals surface area contributed by atoms with Crippen LogP contribution in [-0.4, -0.2) is 32.0 Å². The highest BCUT2D eigenvalue weighted by Gasteiger charge is 2.28. The third-order valence-electron chi connectivity index (χ3n) is 2.88. The molecule has 0 heterocycles. The summed E-state index contributed by atoms with van der Waals surface area (Å²) in [6.45, 7) is 11.5. The lowest BCUT2D eigenvalue weighted by molar-refractivity contribution is 0.485. The van der Waals surface area contributed by atoms with Crippen molar-refractivity contribution in [3.05, 3.63) is 0 Å². The Morgan fingerprint density at radius 2 is 1.75 bits per heavy atom. The van der Waals surface area contributed by atoms with Crippen molar-refractivity contribution in [1.29, 1.82) is 0 Å². The van der Waals surface area contributed by atoms with Crippen molar-refractivity contribution in [3.8, 4) is 0 Å². The maximum absolute atomic E-state index is 11.9. The summed E-state index contributed by atoms with van der Waals surface area (Å²) in [5.41, 5.74) is 0. The molecular formula is C12H27NO2S. The van der Waals surface area contributed by atoms with Crippen LogP contribution in [0.3, 0.4) is 0 Å². The molecule has 0 aliphatic rings. The van der Waals surface area contributed by atoms with E-state index in [1.54, 1.807) is 20.8 Å². The van der Waals surface area contributed by atoms with E-state index in [9.17, 15) is 8.42 Å². The van der Waals surface area contributed by atoms with Gasteiger partial charge in [0, 0.05) is 0 Å². The maximum Gasteiger partial charge on any atom is 0.155 e. The van der Waals surface area contributed by atoms with E-state index in [0.717, 1.165) is 25.9 Å². The van der Waals surface area contributed by atoms with Crippen LogP contribution in [-0.2, 0) is 9.84 Å².